The summed E-state index contributed by atoms with van der Waals surface area (Å²) in [5.41, 5.74) is 0.399. The minimum atomic E-state index is 0.399. The van der Waals surface area contributed by atoms with Gasteiger partial charge in [-0.05, 0) is 24.8 Å². The fourth-order valence-electron chi connectivity index (χ4n) is 1.48. The third-order valence-electron chi connectivity index (χ3n) is 2.21. The van der Waals surface area contributed by atoms with Crippen molar-refractivity contribution >= 4 is 17.2 Å². The minimum absolute atomic E-state index is 0.399. The van der Waals surface area contributed by atoms with E-state index in [0.717, 1.165) is 13.0 Å². The summed E-state index contributed by atoms with van der Waals surface area (Å²) in [7, 11) is 0. The van der Waals surface area contributed by atoms with Gasteiger partial charge in [0, 0.05) is 17.5 Å². The third-order valence-corrected chi connectivity index (χ3v) is 3.15. The fourth-order valence-corrected chi connectivity index (χ4v) is 2.19. The summed E-state index contributed by atoms with van der Waals surface area (Å²) in [6.45, 7) is 2.59. The van der Waals surface area contributed by atoms with Crippen LogP contribution in [0.1, 0.15) is 16.4 Å². The van der Waals surface area contributed by atoms with Crippen LogP contribution >= 0.6 is 11.3 Å². The smallest absolute Gasteiger partial charge is 0.146 e. The van der Waals surface area contributed by atoms with Crippen molar-refractivity contribution in [3.63, 3.8) is 0 Å². The fraction of sp³-hybridized carbons (Fsp3) is 0.250. The monoisotopic (exact) mass is 244 g/mol. The lowest BCUT2D eigenvalue weighted by atomic mass is 10.3. The number of thiophene rings is 1. The number of nitrogens with one attached hydrogen (secondary N) is 1. The van der Waals surface area contributed by atoms with E-state index < -0.39 is 0 Å². The maximum absolute atomic E-state index is 8.80. The van der Waals surface area contributed by atoms with E-state index >= 15 is 0 Å². The molecule has 0 saturated carbocycles. The summed E-state index contributed by atoms with van der Waals surface area (Å²) >= 11 is 1.74. The van der Waals surface area contributed by atoms with Crippen molar-refractivity contribution in [3.8, 4) is 6.07 Å². The number of hydrogen-bond donors (Lipinski definition) is 1. The summed E-state index contributed by atoms with van der Waals surface area (Å²) in [6, 6.07) is 7.84. The Bertz CT molecular complexity index is 528. The molecule has 5 heteroatoms. The van der Waals surface area contributed by atoms with Gasteiger partial charge in [-0.25, -0.2) is 9.97 Å². The number of hydrogen-bond acceptors (Lipinski definition) is 5. The van der Waals surface area contributed by atoms with Gasteiger partial charge in [-0.2, -0.15) is 5.26 Å². The topological polar surface area (TPSA) is 61.6 Å². The molecule has 2 heterocycles. The summed E-state index contributed by atoms with van der Waals surface area (Å²) in [4.78, 5) is 9.57. The quantitative estimate of drug-likeness (QED) is 0.897. The zero-order valence-electron chi connectivity index (χ0n) is 9.47. The number of nitriles is 1. The molecular formula is C12H12N4S. The van der Waals surface area contributed by atoms with E-state index in [0.29, 0.717) is 17.3 Å². The first-order valence-corrected chi connectivity index (χ1v) is 6.18. The van der Waals surface area contributed by atoms with Crippen molar-refractivity contribution in [3.05, 3.63) is 40.0 Å². The van der Waals surface area contributed by atoms with E-state index in [2.05, 4.69) is 26.7 Å². The number of aromatic nitrogens is 2. The molecule has 0 fully saturated rings. The van der Waals surface area contributed by atoms with Crippen LogP contribution < -0.4 is 5.32 Å². The Morgan fingerprint density at radius 3 is 3.06 bits per heavy atom. The van der Waals surface area contributed by atoms with Crippen LogP contribution in [0.15, 0.2) is 23.6 Å². The highest BCUT2D eigenvalue weighted by Crippen LogP contribution is 2.10. The molecule has 0 aromatic carbocycles. The Kier molecular flexibility index (Phi) is 3.68. The molecule has 0 radical (unpaired) electrons. The first-order chi connectivity index (χ1) is 8.28. The van der Waals surface area contributed by atoms with Gasteiger partial charge >= 0.3 is 0 Å². The SMILES string of the molecule is Cc1nc(C#N)cc(NCCc2cccs2)n1. The molecule has 4 nitrogen and oxygen atoms in total. The van der Waals surface area contributed by atoms with Gasteiger partial charge in [0.1, 0.15) is 23.4 Å². The van der Waals surface area contributed by atoms with Crippen molar-refractivity contribution in [1.82, 2.24) is 9.97 Å². The van der Waals surface area contributed by atoms with Gasteiger partial charge in [0.15, 0.2) is 0 Å². The van der Waals surface area contributed by atoms with Crippen molar-refractivity contribution in [2.45, 2.75) is 13.3 Å². The third kappa shape index (κ3) is 3.26. The highest BCUT2D eigenvalue weighted by atomic mass is 32.1. The zero-order chi connectivity index (χ0) is 12.1. The Labute approximate surface area is 104 Å². The minimum Gasteiger partial charge on any atom is -0.370 e. The number of aryl methyl sites for hydroxylation is 1. The molecule has 0 spiro atoms. The maximum atomic E-state index is 8.80. The number of anilines is 1. The standard InChI is InChI=1S/C12H12N4S/c1-9-15-10(8-13)7-12(16-9)14-5-4-11-3-2-6-17-11/h2-3,6-7H,4-5H2,1H3,(H,14,15,16). The highest BCUT2D eigenvalue weighted by molar-refractivity contribution is 7.09. The van der Waals surface area contributed by atoms with Crippen LogP contribution in [-0.4, -0.2) is 16.5 Å². The molecule has 17 heavy (non-hydrogen) atoms. The largest absolute Gasteiger partial charge is 0.370 e. The normalized spacial score (nSPS) is 9.88. The van der Waals surface area contributed by atoms with E-state index in [1.54, 1.807) is 24.3 Å². The molecule has 2 aromatic rings. The second-order valence-electron chi connectivity index (χ2n) is 3.55. The van der Waals surface area contributed by atoms with Gasteiger partial charge < -0.3 is 5.32 Å². The molecule has 0 aliphatic rings. The van der Waals surface area contributed by atoms with Crippen LogP contribution in [0.25, 0.3) is 0 Å². The second-order valence-corrected chi connectivity index (χ2v) is 4.59. The Morgan fingerprint density at radius 2 is 2.35 bits per heavy atom. The van der Waals surface area contributed by atoms with Crippen LogP contribution in [-0.2, 0) is 6.42 Å². The summed E-state index contributed by atoms with van der Waals surface area (Å²) in [6.07, 6.45) is 0.961. The van der Waals surface area contributed by atoms with Crippen LogP contribution in [0.3, 0.4) is 0 Å². The maximum Gasteiger partial charge on any atom is 0.146 e. The molecule has 2 rings (SSSR count). The van der Waals surface area contributed by atoms with Gasteiger partial charge in [0.2, 0.25) is 0 Å². The summed E-state index contributed by atoms with van der Waals surface area (Å²) in [5, 5.41) is 14.1. The van der Waals surface area contributed by atoms with E-state index in [1.807, 2.05) is 12.1 Å². The van der Waals surface area contributed by atoms with Gasteiger partial charge in [0.05, 0.1) is 0 Å². The van der Waals surface area contributed by atoms with Crippen molar-refractivity contribution in [2.75, 3.05) is 11.9 Å². The zero-order valence-corrected chi connectivity index (χ0v) is 10.3. The van der Waals surface area contributed by atoms with E-state index in [4.69, 9.17) is 5.26 Å². The van der Waals surface area contributed by atoms with Crippen LogP contribution in [0.5, 0.6) is 0 Å². The molecule has 0 bridgehead atoms. The number of nitrogens with zero attached hydrogens (tertiary/aromatic N) is 3. The summed E-state index contributed by atoms with van der Waals surface area (Å²) < 4.78 is 0. The molecule has 0 atom stereocenters. The first-order valence-electron chi connectivity index (χ1n) is 5.30. The number of rotatable bonds is 4. The molecule has 1 N–H and O–H groups in total. The summed E-state index contributed by atoms with van der Waals surface area (Å²) in [5.74, 6) is 1.33. The Morgan fingerprint density at radius 1 is 1.47 bits per heavy atom. The van der Waals surface area contributed by atoms with Crippen LogP contribution in [0.4, 0.5) is 5.82 Å². The molecule has 0 saturated heterocycles. The lowest BCUT2D eigenvalue weighted by molar-refractivity contribution is 0.986. The predicted molar refractivity (Wildman–Crippen MR) is 68.0 cm³/mol. The van der Waals surface area contributed by atoms with Gasteiger partial charge in [0.25, 0.3) is 0 Å². The molecule has 2 aromatic heterocycles. The van der Waals surface area contributed by atoms with Gasteiger partial charge in [-0.1, -0.05) is 6.07 Å². The van der Waals surface area contributed by atoms with Crippen molar-refractivity contribution in [2.24, 2.45) is 0 Å². The van der Waals surface area contributed by atoms with Crippen LogP contribution in [0.2, 0.25) is 0 Å². The molecule has 86 valence electrons. The van der Waals surface area contributed by atoms with Crippen LogP contribution in [0, 0.1) is 18.3 Å². The molecule has 0 unspecified atom stereocenters. The molecule has 0 amide bonds. The van der Waals surface area contributed by atoms with E-state index in [9.17, 15) is 0 Å². The first kappa shape index (κ1) is 11.6. The lowest BCUT2D eigenvalue weighted by Gasteiger charge is -2.05. The predicted octanol–water partition coefficient (Wildman–Crippen LogP) is 2.37. The van der Waals surface area contributed by atoms with Gasteiger partial charge in [-0.15, -0.1) is 11.3 Å². The second kappa shape index (κ2) is 5.41. The molecule has 0 aliphatic carbocycles. The van der Waals surface area contributed by atoms with Crippen molar-refractivity contribution in [1.29, 1.82) is 5.26 Å². The van der Waals surface area contributed by atoms with E-state index in [-0.39, 0.29) is 0 Å². The Hall–Kier alpha value is -1.93. The highest BCUT2D eigenvalue weighted by Gasteiger charge is 2.01. The average molecular weight is 244 g/mol. The molecular weight excluding hydrogens is 232 g/mol. The van der Waals surface area contributed by atoms with Crippen molar-refractivity contribution < 1.29 is 0 Å². The lowest BCUT2D eigenvalue weighted by Crippen LogP contribution is -2.07. The Balaban J connectivity index is 1.95. The average Bonchev–Trinajstić information content (AvgIpc) is 2.81. The van der Waals surface area contributed by atoms with Gasteiger partial charge in [-0.3, -0.25) is 0 Å². The van der Waals surface area contributed by atoms with E-state index in [1.165, 1.54) is 4.88 Å². The molecule has 0 aliphatic heterocycles.